The van der Waals surface area contributed by atoms with E-state index in [2.05, 4.69) is 23.4 Å². The number of hydrogen-bond donors (Lipinski definition) is 0. The third-order valence-corrected chi connectivity index (χ3v) is 2.38. The lowest BCUT2D eigenvalue weighted by Gasteiger charge is -2.45. The lowest BCUT2D eigenvalue weighted by atomic mass is 10.2. The van der Waals surface area contributed by atoms with Gasteiger partial charge in [-0.3, -0.25) is 4.90 Å². The van der Waals surface area contributed by atoms with Crippen molar-refractivity contribution in [1.82, 2.24) is 4.90 Å². The quantitative estimate of drug-likeness (QED) is 0.581. The van der Waals surface area contributed by atoms with Crippen LogP contribution >= 0.6 is 18.5 Å². The van der Waals surface area contributed by atoms with Gasteiger partial charge in [0.25, 0.3) is 0 Å². The smallest absolute Gasteiger partial charge is 0.0589 e. The molecule has 0 bridgehead atoms. The molecule has 0 aromatic carbocycles. The summed E-state index contributed by atoms with van der Waals surface area (Å²) in [5, 5.41) is 0. The molecule has 1 heterocycles. The number of nitrogens with zero attached hydrogens (tertiary/aromatic N) is 1. The highest BCUT2D eigenvalue weighted by Crippen LogP contribution is 2.36. The molecule has 1 rings (SSSR count). The fourth-order valence-corrected chi connectivity index (χ4v) is 2.20. The van der Waals surface area contributed by atoms with Gasteiger partial charge in [0, 0.05) is 31.6 Å². The van der Waals surface area contributed by atoms with E-state index in [1.165, 1.54) is 0 Å². The van der Waals surface area contributed by atoms with Gasteiger partial charge in [-0.1, -0.05) is 0 Å². The van der Waals surface area contributed by atoms with Crippen LogP contribution in [0.4, 0.5) is 0 Å². The number of likely N-dealkylation sites (tertiary alicyclic amines) is 1. The van der Waals surface area contributed by atoms with Gasteiger partial charge in [-0.15, -0.1) is 18.5 Å². The van der Waals surface area contributed by atoms with Gasteiger partial charge in [0.15, 0.2) is 0 Å². The van der Waals surface area contributed by atoms with Gasteiger partial charge in [-0.2, -0.15) is 0 Å². The summed E-state index contributed by atoms with van der Waals surface area (Å²) in [6.45, 7) is 4.24. The molecular formula is C6H15NOP2. The van der Waals surface area contributed by atoms with E-state index in [1.807, 2.05) is 0 Å². The maximum absolute atomic E-state index is 4.96. The molecule has 1 fully saturated rings. The lowest BCUT2D eigenvalue weighted by molar-refractivity contribution is 0.107. The van der Waals surface area contributed by atoms with Crippen LogP contribution in [0.5, 0.6) is 0 Å². The van der Waals surface area contributed by atoms with E-state index >= 15 is 0 Å². The van der Waals surface area contributed by atoms with Crippen molar-refractivity contribution < 1.29 is 4.74 Å². The second-order valence-corrected chi connectivity index (χ2v) is 5.90. The summed E-state index contributed by atoms with van der Waals surface area (Å²) in [6, 6.07) is 0. The van der Waals surface area contributed by atoms with Gasteiger partial charge in [0.1, 0.15) is 0 Å². The Labute approximate surface area is 67.1 Å². The second kappa shape index (κ2) is 3.45. The molecule has 2 unspecified atom stereocenters. The Morgan fingerprint density at radius 2 is 2.10 bits per heavy atom. The Balaban J connectivity index is 2.03. The highest BCUT2D eigenvalue weighted by atomic mass is 31.1. The average Bonchev–Trinajstić information content (AvgIpc) is 1.78. The summed E-state index contributed by atoms with van der Waals surface area (Å²) in [4.78, 5) is 2.78. The molecular weight excluding hydrogens is 164 g/mol. The molecule has 0 saturated carbocycles. The molecule has 2 nitrogen and oxygen atoms in total. The van der Waals surface area contributed by atoms with Gasteiger partial charge in [0.2, 0.25) is 0 Å². The minimum Gasteiger partial charge on any atom is -0.383 e. The highest BCUT2D eigenvalue weighted by Gasteiger charge is 2.33. The Morgan fingerprint density at radius 3 is 2.50 bits per heavy atom. The Hall–Kier alpha value is 0.780. The molecule has 2 atom stereocenters. The molecule has 1 aliphatic rings. The van der Waals surface area contributed by atoms with Crippen molar-refractivity contribution in [2.45, 2.75) is 4.90 Å². The predicted octanol–water partition coefficient (Wildman–Crippen LogP) is 0.395. The average molecular weight is 179 g/mol. The Morgan fingerprint density at radius 1 is 1.50 bits per heavy atom. The van der Waals surface area contributed by atoms with Crippen LogP contribution in [-0.2, 0) is 4.74 Å². The van der Waals surface area contributed by atoms with Gasteiger partial charge in [-0.25, -0.2) is 0 Å². The van der Waals surface area contributed by atoms with E-state index < -0.39 is 0 Å². The molecule has 4 heteroatoms. The molecule has 1 saturated heterocycles. The molecule has 10 heavy (non-hydrogen) atoms. The van der Waals surface area contributed by atoms with E-state index in [-0.39, 0.29) is 0 Å². The molecule has 0 amide bonds. The van der Waals surface area contributed by atoms with Crippen molar-refractivity contribution >= 4 is 18.5 Å². The minimum atomic E-state index is 0.397. The topological polar surface area (TPSA) is 12.5 Å². The molecule has 1 aliphatic heterocycles. The molecule has 0 spiro atoms. The first-order chi connectivity index (χ1) is 4.64. The first-order valence-corrected chi connectivity index (χ1v) is 4.58. The predicted molar refractivity (Wildman–Crippen MR) is 50.5 cm³/mol. The zero-order valence-electron chi connectivity index (χ0n) is 6.34. The van der Waals surface area contributed by atoms with Crippen molar-refractivity contribution in [2.75, 3.05) is 33.4 Å². The summed E-state index contributed by atoms with van der Waals surface area (Å²) in [5.41, 5.74) is 0. The van der Waals surface area contributed by atoms with Crippen LogP contribution in [0.15, 0.2) is 0 Å². The Kier molecular flexibility index (Phi) is 3.06. The third-order valence-electron chi connectivity index (χ3n) is 1.65. The van der Waals surface area contributed by atoms with Crippen molar-refractivity contribution in [3.05, 3.63) is 0 Å². The molecule has 0 aromatic heterocycles. The van der Waals surface area contributed by atoms with Crippen molar-refractivity contribution in [3.8, 4) is 0 Å². The lowest BCUT2D eigenvalue weighted by Crippen LogP contribution is -2.54. The zero-order valence-corrected chi connectivity index (χ0v) is 8.65. The summed E-state index contributed by atoms with van der Waals surface area (Å²) < 4.78 is 4.96. The van der Waals surface area contributed by atoms with Crippen LogP contribution in [-0.4, -0.2) is 43.1 Å². The van der Waals surface area contributed by atoms with Crippen LogP contribution in [0.1, 0.15) is 0 Å². The van der Waals surface area contributed by atoms with E-state index in [9.17, 15) is 0 Å². The van der Waals surface area contributed by atoms with Crippen molar-refractivity contribution in [1.29, 1.82) is 0 Å². The fourth-order valence-electron chi connectivity index (χ4n) is 1.16. The fraction of sp³-hybridized carbons (Fsp3) is 1.00. The van der Waals surface area contributed by atoms with E-state index in [0.29, 0.717) is 4.90 Å². The number of hydrogen-bond acceptors (Lipinski definition) is 2. The number of rotatable bonds is 3. The van der Waals surface area contributed by atoms with Gasteiger partial charge in [-0.05, 0) is 0 Å². The van der Waals surface area contributed by atoms with Crippen molar-refractivity contribution in [2.24, 2.45) is 0 Å². The normalized spacial score (nSPS) is 24.3. The maximum atomic E-state index is 4.96. The number of methoxy groups -OCH3 is 1. The third kappa shape index (κ3) is 2.43. The molecule has 0 radical (unpaired) electrons. The standard InChI is InChI=1S/C6H15NOP2/c1-8-3-2-7-4-6(9,10)5-7/h2-5,9-10H2,1H3. The molecule has 60 valence electrons. The second-order valence-electron chi connectivity index (χ2n) is 2.94. The minimum absolute atomic E-state index is 0.397. The van der Waals surface area contributed by atoms with Crippen LogP contribution < -0.4 is 0 Å². The van der Waals surface area contributed by atoms with Gasteiger partial charge < -0.3 is 4.74 Å². The summed E-state index contributed by atoms with van der Waals surface area (Å²) in [5.74, 6) is 0. The van der Waals surface area contributed by atoms with Crippen LogP contribution in [0.3, 0.4) is 0 Å². The Bertz CT molecular complexity index is 110. The molecule has 0 aliphatic carbocycles. The highest BCUT2D eigenvalue weighted by molar-refractivity contribution is 7.40. The summed E-state index contributed by atoms with van der Waals surface area (Å²) >= 11 is 0. The first-order valence-electron chi connectivity index (χ1n) is 3.43. The molecule has 0 N–H and O–H groups in total. The monoisotopic (exact) mass is 179 g/mol. The van der Waals surface area contributed by atoms with Crippen LogP contribution in [0.2, 0.25) is 0 Å². The van der Waals surface area contributed by atoms with Gasteiger partial charge in [0.05, 0.1) is 6.61 Å². The summed E-state index contributed by atoms with van der Waals surface area (Å²) in [7, 11) is 7.44. The van der Waals surface area contributed by atoms with Crippen molar-refractivity contribution in [3.63, 3.8) is 0 Å². The van der Waals surface area contributed by atoms with Gasteiger partial charge >= 0.3 is 0 Å². The largest absolute Gasteiger partial charge is 0.383 e. The first kappa shape index (κ1) is 8.87. The van der Waals surface area contributed by atoms with Crippen LogP contribution in [0.25, 0.3) is 0 Å². The van der Waals surface area contributed by atoms with E-state index in [4.69, 9.17) is 4.74 Å². The van der Waals surface area contributed by atoms with E-state index in [0.717, 1.165) is 26.2 Å². The SMILES string of the molecule is COCCN1CC(P)(P)C1. The van der Waals surface area contributed by atoms with E-state index in [1.54, 1.807) is 7.11 Å². The maximum Gasteiger partial charge on any atom is 0.0589 e. The number of ether oxygens (including phenoxy) is 1. The summed E-state index contributed by atoms with van der Waals surface area (Å²) in [6.07, 6.45) is 0. The zero-order chi connectivity index (χ0) is 7.61. The molecule has 0 aromatic rings. The van der Waals surface area contributed by atoms with Crippen LogP contribution in [0, 0.1) is 0 Å².